The Labute approximate surface area is 164 Å². The molecule has 1 heterocycles. The van der Waals surface area contributed by atoms with Gasteiger partial charge in [-0.05, 0) is 55.3 Å². The third kappa shape index (κ3) is 4.52. The minimum Gasteiger partial charge on any atom is -0.493 e. The van der Waals surface area contributed by atoms with Gasteiger partial charge in [-0.3, -0.25) is 9.59 Å². The molecule has 1 aliphatic rings. The van der Waals surface area contributed by atoms with Crippen LogP contribution in [0.3, 0.4) is 0 Å². The van der Waals surface area contributed by atoms with Crippen LogP contribution in [-0.2, 0) is 0 Å². The zero-order chi connectivity index (χ0) is 19.9. The quantitative estimate of drug-likeness (QED) is 0.743. The van der Waals surface area contributed by atoms with E-state index >= 15 is 0 Å². The average Bonchev–Trinajstić information content (AvgIpc) is 3.27. The number of nitrogens with one attached hydrogen (secondary N) is 1. The summed E-state index contributed by atoms with van der Waals surface area (Å²) in [7, 11) is 1.52. The smallest absolute Gasteiger partial charge is 0.255 e. The van der Waals surface area contributed by atoms with E-state index in [-0.39, 0.29) is 11.8 Å². The van der Waals surface area contributed by atoms with Crippen LogP contribution in [0, 0.1) is 0 Å². The molecule has 146 valence electrons. The number of likely N-dealkylation sites (tertiary alicyclic amines) is 1. The molecule has 6 nitrogen and oxygen atoms in total. The molecule has 0 spiro atoms. The number of anilines is 1. The second-order valence-electron chi connectivity index (χ2n) is 6.50. The van der Waals surface area contributed by atoms with Gasteiger partial charge in [0.2, 0.25) is 0 Å². The van der Waals surface area contributed by atoms with E-state index in [0.29, 0.717) is 34.9 Å². The summed E-state index contributed by atoms with van der Waals surface area (Å²) in [6.45, 7) is 5.58. The first-order chi connectivity index (χ1) is 13.6. The molecule has 1 fully saturated rings. The molecule has 1 aliphatic heterocycles. The van der Waals surface area contributed by atoms with E-state index in [9.17, 15) is 9.59 Å². The van der Waals surface area contributed by atoms with Crippen molar-refractivity contribution in [3.63, 3.8) is 0 Å². The van der Waals surface area contributed by atoms with E-state index in [2.05, 4.69) is 11.9 Å². The largest absolute Gasteiger partial charge is 0.493 e. The highest BCUT2D eigenvalue weighted by Gasteiger charge is 2.19. The number of methoxy groups -OCH3 is 1. The van der Waals surface area contributed by atoms with E-state index in [1.807, 2.05) is 4.90 Å². The van der Waals surface area contributed by atoms with Gasteiger partial charge < -0.3 is 19.7 Å². The number of benzene rings is 2. The number of nitrogens with zero attached hydrogens (tertiary/aromatic N) is 1. The number of hydrogen-bond donors (Lipinski definition) is 1. The van der Waals surface area contributed by atoms with Gasteiger partial charge in [0.05, 0.1) is 7.11 Å². The van der Waals surface area contributed by atoms with Crippen LogP contribution < -0.4 is 14.8 Å². The van der Waals surface area contributed by atoms with Gasteiger partial charge in [0.25, 0.3) is 11.8 Å². The highest BCUT2D eigenvalue weighted by molar-refractivity contribution is 6.05. The summed E-state index contributed by atoms with van der Waals surface area (Å²) in [6.07, 6.45) is 3.75. The second-order valence-corrected chi connectivity index (χ2v) is 6.50. The van der Waals surface area contributed by atoms with E-state index in [0.717, 1.165) is 25.9 Å². The molecular formula is C22H24N2O4. The fourth-order valence-corrected chi connectivity index (χ4v) is 3.08. The summed E-state index contributed by atoms with van der Waals surface area (Å²) in [4.78, 5) is 26.8. The zero-order valence-electron chi connectivity index (χ0n) is 15.9. The summed E-state index contributed by atoms with van der Waals surface area (Å²) in [5, 5.41) is 2.83. The second kappa shape index (κ2) is 9.08. The monoisotopic (exact) mass is 380 g/mol. The zero-order valence-corrected chi connectivity index (χ0v) is 15.9. The minimum atomic E-state index is -0.271. The lowest BCUT2D eigenvalue weighted by Crippen LogP contribution is -2.27. The highest BCUT2D eigenvalue weighted by Crippen LogP contribution is 2.28. The molecule has 6 heteroatoms. The van der Waals surface area contributed by atoms with E-state index in [1.54, 1.807) is 48.5 Å². The van der Waals surface area contributed by atoms with Gasteiger partial charge in [-0.1, -0.05) is 12.7 Å². The Morgan fingerprint density at radius 3 is 2.39 bits per heavy atom. The molecule has 3 rings (SSSR count). The lowest BCUT2D eigenvalue weighted by atomic mass is 10.1. The fraction of sp³-hybridized carbons (Fsp3) is 0.273. The third-order valence-electron chi connectivity index (χ3n) is 4.57. The molecule has 0 atom stereocenters. The van der Waals surface area contributed by atoms with Crippen molar-refractivity contribution >= 4 is 17.5 Å². The third-order valence-corrected chi connectivity index (χ3v) is 4.57. The number of rotatable bonds is 7. The molecule has 28 heavy (non-hydrogen) atoms. The molecular weight excluding hydrogens is 356 g/mol. The van der Waals surface area contributed by atoms with Gasteiger partial charge >= 0.3 is 0 Å². The van der Waals surface area contributed by atoms with Crippen molar-refractivity contribution < 1.29 is 19.1 Å². The first kappa shape index (κ1) is 19.5. The van der Waals surface area contributed by atoms with Crippen molar-refractivity contribution in [1.29, 1.82) is 0 Å². The molecule has 0 aliphatic carbocycles. The van der Waals surface area contributed by atoms with Gasteiger partial charge in [-0.15, -0.1) is 0 Å². The van der Waals surface area contributed by atoms with Crippen molar-refractivity contribution in [2.24, 2.45) is 0 Å². The number of carbonyl (C=O) groups is 2. The molecule has 2 aromatic rings. The molecule has 0 aromatic heterocycles. The maximum absolute atomic E-state index is 12.5. The summed E-state index contributed by atoms with van der Waals surface area (Å²) in [6, 6.07) is 11.9. The van der Waals surface area contributed by atoms with Crippen LogP contribution in [0.15, 0.2) is 55.1 Å². The predicted octanol–water partition coefficient (Wildman–Crippen LogP) is 3.75. The fourth-order valence-electron chi connectivity index (χ4n) is 3.08. The van der Waals surface area contributed by atoms with Crippen molar-refractivity contribution in [3.05, 3.63) is 66.2 Å². The molecule has 1 N–H and O–H groups in total. The SMILES string of the molecule is C=CCOc1ccc(C(=O)Nc2ccc(C(=O)N3CCCC3)cc2)cc1OC. The lowest BCUT2D eigenvalue weighted by Gasteiger charge is -2.15. The molecule has 0 radical (unpaired) electrons. The Hall–Kier alpha value is -3.28. The number of hydrogen-bond acceptors (Lipinski definition) is 4. The van der Waals surface area contributed by atoms with Gasteiger partial charge in [-0.2, -0.15) is 0 Å². The van der Waals surface area contributed by atoms with Gasteiger partial charge in [0, 0.05) is 29.9 Å². The molecule has 0 bridgehead atoms. The van der Waals surface area contributed by atoms with Crippen LogP contribution in [0.2, 0.25) is 0 Å². The maximum atomic E-state index is 12.5. The Bertz CT molecular complexity index is 855. The Balaban J connectivity index is 1.67. The predicted molar refractivity (Wildman–Crippen MR) is 108 cm³/mol. The molecule has 0 unspecified atom stereocenters. The molecule has 1 saturated heterocycles. The Morgan fingerprint density at radius 2 is 1.75 bits per heavy atom. The van der Waals surface area contributed by atoms with Crippen molar-refractivity contribution in [1.82, 2.24) is 4.90 Å². The van der Waals surface area contributed by atoms with E-state index < -0.39 is 0 Å². The van der Waals surface area contributed by atoms with Crippen molar-refractivity contribution in [2.75, 3.05) is 32.1 Å². The van der Waals surface area contributed by atoms with Crippen LogP contribution in [0.25, 0.3) is 0 Å². The first-order valence-electron chi connectivity index (χ1n) is 9.25. The normalized spacial score (nSPS) is 13.1. The lowest BCUT2D eigenvalue weighted by molar-refractivity contribution is 0.0792. The number of amides is 2. The van der Waals surface area contributed by atoms with Gasteiger partial charge in [0.15, 0.2) is 11.5 Å². The van der Waals surface area contributed by atoms with E-state index in [4.69, 9.17) is 9.47 Å². The minimum absolute atomic E-state index is 0.0372. The molecule has 2 aromatic carbocycles. The van der Waals surface area contributed by atoms with Crippen LogP contribution >= 0.6 is 0 Å². The van der Waals surface area contributed by atoms with Crippen LogP contribution in [0.4, 0.5) is 5.69 Å². The number of carbonyl (C=O) groups excluding carboxylic acids is 2. The summed E-state index contributed by atoms with van der Waals surface area (Å²) < 4.78 is 10.8. The van der Waals surface area contributed by atoms with Crippen LogP contribution in [-0.4, -0.2) is 43.5 Å². The summed E-state index contributed by atoms with van der Waals surface area (Å²) in [5.74, 6) is 0.784. The first-order valence-corrected chi connectivity index (χ1v) is 9.25. The van der Waals surface area contributed by atoms with Crippen molar-refractivity contribution in [3.8, 4) is 11.5 Å². The Kier molecular flexibility index (Phi) is 6.32. The summed E-state index contributed by atoms with van der Waals surface area (Å²) in [5.41, 5.74) is 1.69. The maximum Gasteiger partial charge on any atom is 0.255 e. The van der Waals surface area contributed by atoms with Gasteiger partial charge in [0.1, 0.15) is 6.61 Å². The number of ether oxygens (including phenoxy) is 2. The Morgan fingerprint density at radius 1 is 1.07 bits per heavy atom. The standard InChI is InChI=1S/C22H24N2O4/c1-3-14-28-19-11-8-17(15-20(19)27-2)21(25)23-18-9-6-16(7-10-18)22(26)24-12-4-5-13-24/h3,6-11,15H,1,4-5,12-14H2,2H3,(H,23,25). The van der Waals surface area contributed by atoms with Crippen LogP contribution in [0.1, 0.15) is 33.6 Å². The average molecular weight is 380 g/mol. The van der Waals surface area contributed by atoms with E-state index in [1.165, 1.54) is 7.11 Å². The highest BCUT2D eigenvalue weighted by atomic mass is 16.5. The molecule has 0 saturated carbocycles. The van der Waals surface area contributed by atoms with Gasteiger partial charge in [-0.25, -0.2) is 0 Å². The van der Waals surface area contributed by atoms with Crippen LogP contribution in [0.5, 0.6) is 11.5 Å². The van der Waals surface area contributed by atoms with Crippen molar-refractivity contribution in [2.45, 2.75) is 12.8 Å². The summed E-state index contributed by atoms with van der Waals surface area (Å²) >= 11 is 0. The topological polar surface area (TPSA) is 67.9 Å². The molecule has 2 amide bonds.